The van der Waals surface area contributed by atoms with Crippen LogP contribution >= 0.6 is 11.3 Å². The molecular weight excluding hydrogens is 320 g/mol. The van der Waals surface area contributed by atoms with Crippen LogP contribution in [0.1, 0.15) is 47.3 Å². The minimum Gasteiger partial charge on any atom is -0.462 e. The van der Waals surface area contributed by atoms with Gasteiger partial charge in [-0.1, -0.05) is 13.3 Å². The number of nitriles is 1. The second-order valence-corrected chi connectivity index (χ2v) is 7.21. The Morgan fingerprint density at radius 2 is 2.38 bits per heavy atom. The molecule has 2 aromatic rings. The van der Waals surface area contributed by atoms with Gasteiger partial charge in [-0.05, 0) is 55.9 Å². The number of anilines is 1. The summed E-state index contributed by atoms with van der Waals surface area (Å²) in [6.45, 7) is 4.06. The van der Waals surface area contributed by atoms with Crippen LogP contribution in [0.2, 0.25) is 0 Å². The summed E-state index contributed by atoms with van der Waals surface area (Å²) in [7, 11) is 0. The number of hydrogen-bond acceptors (Lipinski definition) is 4. The van der Waals surface area contributed by atoms with Gasteiger partial charge in [0.1, 0.15) is 22.6 Å². The summed E-state index contributed by atoms with van der Waals surface area (Å²) < 4.78 is 5.40. The summed E-state index contributed by atoms with van der Waals surface area (Å²) in [5.41, 5.74) is 1.77. The molecule has 4 nitrogen and oxygen atoms in total. The molecule has 1 N–H and O–H groups in total. The topological polar surface area (TPSA) is 66.0 Å². The Morgan fingerprint density at radius 1 is 1.54 bits per heavy atom. The monoisotopic (exact) mass is 340 g/mol. The summed E-state index contributed by atoms with van der Waals surface area (Å²) in [5, 5.41) is 13.0. The fourth-order valence-corrected chi connectivity index (χ4v) is 4.38. The third-order valence-electron chi connectivity index (χ3n) is 4.45. The van der Waals surface area contributed by atoms with Gasteiger partial charge in [-0.2, -0.15) is 5.26 Å². The number of carbonyl (C=O) groups is 1. The van der Waals surface area contributed by atoms with Crippen LogP contribution in [0, 0.1) is 24.2 Å². The van der Waals surface area contributed by atoms with Crippen LogP contribution in [0.4, 0.5) is 5.00 Å². The van der Waals surface area contributed by atoms with E-state index in [0.29, 0.717) is 22.2 Å². The average molecular weight is 340 g/mol. The summed E-state index contributed by atoms with van der Waals surface area (Å²) in [5.74, 6) is 1.89. The zero-order chi connectivity index (χ0) is 17.1. The fraction of sp³-hybridized carbons (Fsp3) is 0.368. The molecule has 2 heterocycles. The van der Waals surface area contributed by atoms with E-state index in [2.05, 4.69) is 18.3 Å². The largest absolute Gasteiger partial charge is 0.462 e. The molecule has 24 heavy (non-hydrogen) atoms. The van der Waals surface area contributed by atoms with Crippen molar-refractivity contribution in [3.63, 3.8) is 0 Å². The number of amides is 1. The van der Waals surface area contributed by atoms with Gasteiger partial charge in [0.05, 0.1) is 5.56 Å². The predicted molar refractivity (Wildman–Crippen MR) is 95.9 cm³/mol. The Labute approximate surface area is 145 Å². The van der Waals surface area contributed by atoms with Crippen LogP contribution in [-0.2, 0) is 17.6 Å². The van der Waals surface area contributed by atoms with Gasteiger partial charge < -0.3 is 9.73 Å². The van der Waals surface area contributed by atoms with Crippen molar-refractivity contribution in [2.24, 2.45) is 5.92 Å². The number of furan rings is 1. The van der Waals surface area contributed by atoms with E-state index in [-0.39, 0.29) is 5.91 Å². The SMILES string of the molecule is CCC1CCc2c(sc(NC(=O)/C=C/c3ccc(C)o3)c2C#N)C1. The number of nitrogens with one attached hydrogen (secondary N) is 1. The van der Waals surface area contributed by atoms with E-state index in [1.54, 1.807) is 17.4 Å². The van der Waals surface area contributed by atoms with Crippen LogP contribution in [0.15, 0.2) is 22.6 Å². The maximum absolute atomic E-state index is 12.2. The molecular formula is C19H20N2O2S. The molecule has 0 spiro atoms. The fourth-order valence-electron chi connectivity index (χ4n) is 3.06. The first-order valence-electron chi connectivity index (χ1n) is 8.20. The smallest absolute Gasteiger partial charge is 0.249 e. The molecule has 0 aliphatic heterocycles. The van der Waals surface area contributed by atoms with Gasteiger partial charge in [-0.3, -0.25) is 4.79 Å². The van der Waals surface area contributed by atoms with Crippen molar-refractivity contribution >= 4 is 28.3 Å². The van der Waals surface area contributed by atoms with Crippen molar-refractivity contribution in [2.45, 2.75) is 39.5 Å². The van der Waals surface area contributed by atoms with Crippen LogP contribution in [0.3, 0.4) is 0 Å². The van der Waals surface area contributed by atoms with Crippen LogP contribution in [0.25, 0.3) is 6.08 Å². The highest BCUT2D eigenvalue weighted by Crippen LogP contribution is 2.39. The molecule has 5 heteroatoms. The lowest BCUT2D eigenvalue weighted by atomic mass is 9.86. The maximum atomic E-state index is 12.2. The predicted octanol–water partition coefficient (Wildman–Crippen LogP) is 4.69. The quantitative estimate of drug-likeness (QED) is 0.821. The molecule has 0 bridgehead atoms. The van der Waals surface area contributed by atoms with Gasteiger partial charge in [0.2, 0.25) is 5.91 Å². The van der Waals surface area contributed by atoms with Crippen molar-refractivity contribution < 1.29 is 9.21 Å². The van der Waals surface area contributed by atoms with Crippen molar-refractivity contribution in [1.82, 2.24) is 0 Å². The highest BCUT2D eigenvalue weighted by molar-refractivity contribution is 7.16. The van der Waals surface area contributed by atoms with E-state index in [1.807, 2.05) is 19.1 Å². The Balaban J connectivity index is 1.75. The first kappa shape index (κ1) is 16.5. The normalized spacial score (nSPS) is 16.8. The van der Waals surface area contributed by atoms with Gasteiger partial charge >= 0.3 is 0 Å². The second-order valence-electron chi connectivity index (χ2n) is 6.11. The van der Waals surface area contributed by atoms with Crippen LogP contribution in [0.5, 0.6) is 0 Å². The van der Waals surface area contributed by atoms with Crippen molar-refractivity contribution in [1.29, 1.82) is 5.26 Å². The third kappa shape index (κ3) is 3.44. The summed E-state index contributed by atoms with van der Waals surface area (Å²) >= 11 is 1.55. The van der Waals surface area contributed by atoms with Crippen LogP contribution < -0.4 is 5.32 Å². The molecule has 1 aliphatic rings. The van der Waals surface area contributed by atoms with E-state index in [9.17, 15) is 10.1 Å². The molecule has 0 aromatic carbocycles. The first-order valence-corrected chi connectivity index (χ1v) is 9.02. The summed E-state index contributed by atoms with van der Waals surface area (Å²) in [4.78, 5) is 13.4. The minimum atomic E-state index is -0.244. The van der Waals surface area contributed by atoms with Crippen molar-refractivity contribution in [3.8, 4) is 6.07 Å². The summed E-state index contributed by atoms with van der Waals surface area (Å²) in [6, 6.07) is 5.94. The molecule has 0 saturated carbocycles. The lowest BCUT2D eigenvalue weighted by Crippen LogP contribution is -2.12. The zero-order valence-electron chi connectivity index (χ0n) is 13.9. The Hall–Kier alpha value is -2.32. The zero-order valence-corrected chi connectivity index (χ0v) is 14.7. The van der Waals surface area contributed by atoms with Gasteiger partial charge in [0.25, 0.3) is 0 Å². The Morgan fingerprint density at radius 3 is 3.04 bits per heavy atom. The number of aryl methyl sites for hydroxylation is 1. The molecule has 1 atom stereocenters. The van der Waals surface area contributed by atoms with Crippen LogP contribution in [-0.4, -0.2) is 5.91 Å². The number of hydrogen-bond donors (Lipinski definition) is 1. The molecule has 1 amide bonds. The van der Waals surface area contributed by atoms with Gasteiger partial charge in [-0.15, -0.1) is 11.3 Å². The number of carbonyl (C=O) groups excluding carboxylic acids is 1. The average Bonchev–Trinajstić information content (AvgIpc) is 3.14. The number of nitrogens with zero attached hydrogens (tertiary/aromatic N) is 1. The molecule has 0 radical (unpaired) electrons. The second kappa shape index (κ2) is 7.06. The number of fused-ring (bicyclic) bond motifs is 1. The van der Waals surface area contributed by atoms with Crippen molar-refractivity contribution in [3.05, 3.63) is 45.7 Å². The highest BCUT2D eigenvalue weighted by Gasteiger charge is 2.25. The minimum absolute atomic E-state index is 0.244. The molecule has 124 valence electrons. The molecule has 2 aromatic heterocycles. The number of rotatable bonds is 4. The van der Waals surface area contributed by atoms with Gasteiger partial charge in [0.15, 0.2) is 0 Å². The van der Waals surface area contributed by atoms with Gasteiger partial charge in [-0.25, -0.2) is 0 Å². The van der Waals surface area contributed by atoms with Crippen molar-refractivity contribution in [2.75, 3.05) is 5.32 Å². The standard InChI is InChI=1S/C19H20N2O2S/c1-3-13-5-8-15-16(11-20)19(24-17(15)10-13)21-18(22)9-7-14-6-4-12(2)23-14/h4,6-7,9,13H,3,5,8,10H2,1-2H3,(H,21,22)/b9-7+. The molecule has 1 aliphatic carbocycles. The summed E-state index contributed by atoms with van der Waals surface area (Å²) in [6.07, 6.45) is 7.31. The molecule has 0 fully saturated rings. The Kier molecular flexibility index (Phi) is 4.86. The highest BCUT2D eigenvalue weighted by atomic mass is 32.1. The third-order valence-corrected chi connectivity index (χ3v) is 5.62. The Bertz CT molecular complexity index is 823. The van der Waals surface area contributed by atoms with E-state index in [4.69, 9.17) is 4.42 Å². The van der Waals surface area contributed by atoms with Gasteiger partial charge in [0, 0.05) is 11.0 Å². The maximum Gasteiger partial charge on any atom is 0.249 e. The lowest BCUT2D eigenvalue weighted by molar-refractivity contribution is -0.111. The van der Waals surface area contributed by atoms with E-state index < -0.39 is 0 Å². The molecule has 3 rings (SSSR count). The molecule has 0 saturated heterocycles. The van der Waals surface area contributed by atoms with E-state index >= 15 is 0 Å². The van der Waals surface area contributed by atoms with E-state index in [0.717, 1.165) is 37.0 Å². The molecule has 1 unspecified atom stereocenters. The lowest BCUT2D eigenvalue weighted by Gasteiger charge is -2.20. The van der Waals surface area contributed by atoms with E-state index in [1.165, 1.54) is 11.0 Å². The number of thiophene rings is 1. The first-order chi connectivity index (χ1) is 11.6.